The number of methoxy groups -OCH3 is 1. The molecule has 1 saturated heterocycles. The standard InChI is InChI=1S/C23H31N3O3/c1-25(2)21(20-11-7-8-12-22(20)28-3)17-24-23(27)26-15-13-19(14-16-26)29-18-9-5-4-6-10-18/h4-12,19,21H,13-17H2,1-3H3,(H,24,27). The third kappa shape index (κ3) is 5.64. The number of urea groups is 1. The summed E-state index contributed by atoms with van der Waals surface area (Å²) >= 11 is 0. The van der Waals surface area contributed by atoms with Gasteiger partial charge >= 0.3 is 6.03 Å². The van der Waals surface area contributed by atoms with Gasteiger partial charge < -0.3 is 24.6 Å². The summed E-state index contributed by atoms with van der Waals surface area (Å²) in [5, 5.41) is 3.10. The molecule has 3 rings (SSSR count). The van der Waals surface area contributed by atoms with Crippen molar-refractivity contribution in [2.24, 2.45) is 0 Å². The van der Waals surface area contributed by atoms with Crippen LogP contribution < -0.4 is 14.8 Å². The van der Waals surface area contributed by atoms with Crippen molar-refractivity contribution < 1.29 is 14.3 Å². The van der Waals surface area contributed by atoms with Gasteiger partial charge in [0.2, 0.25) is 0 Å². The summed E-state index contributed by atoms with van der Waals surface area (Å²) in [6.45, 7) is 1.92. The third-order valence-electron chi connectivity index (χ3n) is 5.34. The molecule has 29 heavy (non-hydrogen) atoms. The third-order valence-corrected chi connectivity index (χ3v) is 5.34. The number of piperidine rings is 1. The molecule has 0 radical (unpaired) electrons. The lowest BCUT2D eigenvalue weighted by atomic mass is 10.0. The van der Waals surface area contributed by atoms with Gasteiger partial charge in [0.1, 0.15) is 17.6 Å². The Labute approximate surface area is 173 Å². The Kier molecular flexibility index (Phi) is 7.36. The van der Waals surface area contributed by atoms with Crippen LogP contribution in [0, 0.1) is 0 Å². The summed E-state index contributed by atoms with van der Waals surface area (Å²) in [5.41, 5.74) is 1.07. The summed E-state index contributed by atoms with van der Waals surface area (Å²) in [7, 11) is 5.69. The average Bonchev–Trinajstić information content (AvgIpc) is 2.75. The number of amides is 2. The fraction of sp³-hybridized carbons (Fsp3) is 0.435. The normalized spacial score (nSPS) is 15.8. The smallest absolute Gasteiger partial charge is 0.317 e. The monoisotopic (exact) mass is 397 g/mol. The molecule has 1 unspecified atom stereocenters. The highest BCUT2D eigenvalue weighted by Crippen LogP contribution is 2.27. The Bertz CT molecular complexity index is 774. The molecule has 0 aliphatic carbocycles. The molecule has 1 heterocycles. The minimum atomic E-state index is -0.0232. The number of likely N-dealkylation sites (tertiary alicyclic amines) is 1. The Morgan fingerprint density at radius 3 is 2.41 bits per heavy atom. The second-order valence-electron chi connectivity index (χ2n) is 7.52. The van der Waals surface area contributed by atoms with Gasteiger partial charge in [-0.05, 0) is 32.3 Å². The van der Waals surface area contributed by atoms with E-state index in [9.17, 15) is 4.79 Å². The fourth-order valence-corrected chi connectivity index (χ4v) is 3.68. The molecule has 2 amide bonds. The van der Waals surface area contributed by atoms with Crippen molar-refractivity contribution >= 4 is 6.03 Å². The van der Waals surface area contributed by atoms with E-state index in [-0.39, 0.29) is 18.2 Å². The van der Waals surface area contributed by atoms with E-state index in [1.807, 2.05) is 73.6 Å². The Morgan fingerprint density at radius 2 is 1.76 bits per heavy atom. The highest BCUT2D eigenvalue weighted by atomic mass is 16.5. The van der Waals surface area contributed by atoms with Crippen LogP contribution in [-0.4, -0.2) is 62.8 Å². The van der Waals surface area contributed by atoms with E-state index in [1.54, 1.807) is 7.11 Å². The maximum absolute atomic E-state index is 12.7. The number of ether oxygens (including phenoxy) is 2. The van der Waals surface area contributed by atoms with E-state index < -0.39 is 0 Å². The van der Waals surface area contributed by atoms with Crippen molar-refractivity contribution in [3.05, 3.63) is 60.2 Å². The molecule has 1 aliphatic heterocycles. The molecule has 0 aromatic heterocycles. The predicted molar refractivity (Wildman–Crippen MR) is 114 cm³/mol. The van der Waals surface area contributed by atoms with Crippen molar-refractivity contribution in [3.8, 4) is 11.5 Å². The van der Waals surface area contributed by atoms with Crippen LogP contribution in [0.3, 0.4) is 0 Å². The minimum Gasteiger partial charge on any atom is -0.496 e. The zero-order chi connectivity index (χ0) is 20.6. The maximum atomic E-state index is 12.7. The number of benzene rings is 2. The summed E-state index contributed by atoms with van der Waals surface area (Å²) < 4.78 is 11.5. The first kappa shape index (κ1) is 21.0. The molecule has 0 spiro atoms. The Balaban J connectivity index is 1.51. The van der Waals surface area contributed by atoms with Gasteiger partial charge in [-0.2, -0.15) is 0 Å². The first-order chi connectivity index (χ1) is 14.1. The molecule has 2 aromatic carbocycles. The molecule has 1 fully saturated rings. The van der Waals surface area contributed by atoms with Crippen molar-refractivity contribution in [3.63, 3.8) is 0 Å². The molecular weight excluding hydrogens is 366 g/mol. The second-order valence-corrected chi connectivity index (χ2v) is 7.52. The van der Waals surface area contributed by atoms with Gasteiger partial charge in [-0.1, -0.05) is 36.4 Å². The lowest BCUT2D eigenvalue weighted by molar-refractivity contribution is 0.110. The van der Waals surface area contributed by atoms with E-state index in [1.165, 1.54) is 0 Å². The number of para-hydroxylation sites is 2. The molecule has 1 aliphatic rings. The van der Waals surface area contributed by atoms with Gasteiger partial charge in [-0.15, -0.1) is 0 Å². The van der Waals surface area contributed by atoms with Crippen LogP contribution >= 0.6 is 0 Å². The van der Waals surface area contributed by atoms with Crippen LogP contribution in [0.1, 0.15) is 24.4 Å². The van der Waals surface area contributed by atoms with Crippen molar-refractivity contribution in [2.45, 2.75) is 25.0 Å². The highest BCUT2D eigenvalue weighted by Gasteiger charge is 2.25. The molecule has 156 valence electrons. The molecular formula is C23H31N3O3. The van der Waals surface area contributed by atoms with Crippen molar-refractivity contribution in [1.82, 2.24) is 15.1 Å². The Hall–Kier alpha value is -2.73. The van der Waals surface area contributed by atoms with Crippen LogP contribution in [0.25, 0.3) is 0 Å². The summed E-state index contributed by atoms with van der Waals surface area (Å²) in [4.78, 5) is 16.7. The van der Waals surface area contributed by atoms with Gasteiger partial charge in [0.25, 0.3) is 0 Å². The average molecular weight is 398 g/mol. The molecule has 6 nitrogen and oxygen atoms in total. The van der Waals surface area contributed by atoms with Crippen molar-refractivity contribution in [2.75, 3.05) is 40.8 Å². The Morgan fingerprint density at radius 1 is 1.10 bits per heavy atom. The van der Waals surface area contributed by atoms with Crippen LogP contribution in [0.4, 0.5) is 4.79 Å². The first-order valence-electron chi connectivity index (χ1n) is 10.1. The lowest BCUT2D eigenvalue weighted by Gasteiger charge is -2.33. The van der Waals surface area contributed by atoms with E-state index in [2.05, 4.69) is 10.2 Å². The molecule has 1 N–H and O–H groups in total. The number of carbonyl (C=O) groups excluding carboxylic acids is 1. The molecule has 6 heteroatoms. The van der Waals surface area contributed by atoms with E-state index in [0.29, 0.717) is 19.6 Å². The van der Waals surface area contributed by atoms with Gasteiger partial charge in [-0.25, -0.2) is 4.79 Å². The zero-order valence-electron chi connectivity index (χ0n) is 17.5. The van der Waals surface area contributed by atoms with Gasteiger partial charge in [-0.3, -0.25) is 0 Å². The second kappa shape index (κ2) is 10.2. The summed E-state index contributed by atoms with van der Waals surface area (Å²) in [6, 6.07) is 17.8. The van der Waals surface area contributed by atoms with Crippen LogP contribution in [0.15, 0.2) is 54.6 Å². The predicted octanol–water partition coefficient (Wildman–Crippen LogP) is 3.55. The SMILES string of the molecule is COc1ccccc1C(CNC(=O)N1CCC(Oc2ccccc2)CC1)N(C)C. The summed E-state index contributed by atoms with van der Waals surface area (Å²) in [5.74, 6) is 1.72. The van der Waals surface area contributed by atoms with Crippen molar-refractivity contribution in [1.29, 1.82) is 0 Å². The molecule has 1 atom stereocenters. The number of hydrogen-bond acceptors (Lipinski definition) is 4. The lowest BCUT2D eigenvalue weighted by Crippen LogP contribution is -2.48. The fourth-order valence-electron chi connectivity index (χ4n) is 3.68. The van der Waals surface area contributed by atoms with Crippen LogP contribution in [0.5, 0.6) is 11.5 Å². The number of carbonyl (C=O) groups is 1. The number of nitrogens with one attached hydrogen (secondary N) is 1. The van der Waals surface area contributed by atoms with Gasteiger partial charge in [0.05, 0.1) is 13.2 Å². The van der Waals surface area contributed by atoms with Crippen LogP contribution in [0.2, 0.25) is 0 Å². The number of nitrogens with zero attached hydrogens (tertiary/aromatic N) is 2. The maximum Gasteiger partial charge on any atom is 0.317 e. The quantitative estimate of drug-likeness (QED) is 0.776. The number of rotatable bonds is 7. The number of likely N-dealkylation sites (N-methyl/N-ethyl adjacent to an activating group) is 1. The number of hydrogen-bond donors (Lipinski definition) is 1. The van der Waals surface area contributed by atoms with E-state index >= 15 is 0 Å². The molecule has 0 bridgehead atoms. The topological polar surface area (TPSA) is 54.0 Å². The summed E-state index contributed by atoms with van der Waals surface area (Å²) in [6.07, 6.45) is 1.84. The first-order valence-corrected chi connectivity index (χ1v) is 10.1. The minimum absolute atomic E-state index is 0.0232. The highest BCUT2D eigenvalue weighted by molar-refractivity contribution is 5.74. The van der Waals surface area contributed by atoms with E-state index in [0.717, 1.165) is 29.9 Å². The molecule has 0 saturated carbocycles. The zero-order valence-corrected chi connectivity index (χ0v) is 17.5. The van der Waals surface area contributed by atoms with E-state index in [4.69, 9.17) is 9.47 Å². The van der Waals surface area contributed by atoms with Gasteiger partial charge in [0.15, 0.2) is 0 Å². The van der Waals surface area contributed by atoms with Gasteiger partial charge in [0, 0.05) is 38.0 Å². The largest absolute Gasteiger partial charge is 0.496 e. The van der Waals surface area contributed by atoms with Crippen LogP contribution in [-0.2, 0) is 0 Å². The molecule has 2 aromatic rings.